The maximum atomic E-state index is 13.4. The monoisotopic (exact) mass is 307 g/mol. The van der Waals surface area contributed by atoms with Crippen LogP contribution in [-0.4, -0.2) is 60.0 Å². The molecule has 1 aromatic rings. The average Bonchev–Trinajstić information content (AvgIpc) is 2.36. The third-order valence-corrected chi connectivity index (χ3v) is 2.49. The largest absolute Gasteiger partial charge is 0.406 e. The highest BCUT2D eigenvalue weighted by Crippen LogP contribution is 2.19. The third kappa shape index (κ3) is 5.01. The van der Waals surface area contributed by atoms with E-state index in [1.807, 2.05) is 0 Å². The molecule has 0 aliphatic heterocycles. The molecule has 0 aliphatic carbocycles. The molecule has 0 spiro atoms. The van der Waals surface area contributed by atoms with Crippen LogP contribution in [0.4, 0.5) is 17.6 Å². The smallest absolute Gasteiger partial charge is 0.347 e. The number of likely N-dealkylation sites (N-methyl/N-ethyl adjacent to an activating group) is 1. The van der Waals surface area contributed by atoms with Crippen molar-refractivity contribution >= 4 is 11.8 Å². The van der Waals surface area contributed by atoms with Gasteiger partial charge in [0.1, 0.15) is 13.1 Å². The molecule has 1 aromatic heterocycles. The summed E-state index contributed by atoms with van der Waals surface area (Å²) in [6.07, 6.45) is -2.91. The van der Waals surface area contributed by atoms with Crippen molar-refractivity contribution in [1.82, 2.24) is 14.8 Å². The van der Waals surface area contributed by atoms with Gasteiger partial charge in [0.15, 0.2) is 5.82 Å². The number of amides is 2. The number of carbonyl (C=O) groups is 2. The summed E-state index contributed by atoms with van der Waals surface area (Å²) in [7, 11) is 2.68. The van der Waals surface area contributed by atoms with Crippen LogP contribution in [0.1, 0.15) is 10.4 Å². The third-order valence-electron chi connectivity index (χ3n) is 2.49. The maximum Gasteiger partial charge on any atom is 0.406 e. The summed E-state index contributed by atoms with van der Waals surface area (Å²) in [4.78, 5) is 28.2. The van der Waals surface area contributed by atoms with Crippen molar-refractivity contribution in [2.24, 2.45) is 0 Å². The van der Waals surface area contributed by atoms with Gasteiger partial charge < -0.3 is 9.80 Å². The Morgan fingerprint density at radius 1 is 1.29 bits per heavy atom. The number of hydrogen-bond donors (Lipinski definition) is 0. The Balaban J connectivity index is 3.03. The van der Waals surface area contributed by atoms with Gasteiger partial charge in [0, 0.05) is 20.3 Å². The standard InChI is InChI=1S/C12H13F4N3O2/c1-18(2)10(20)6-19(7-12(14,15)16)11(21)8-3-4-17-5-9(8)13/h3-5H,6-7H2,1-2H3. The fourth-order valence-electron chi connectivity index (χ4n) is 1.44. The zero-order chi connectivity index (χ0) is 16.2. The molecule has 1 rings (SSSR count). The number of aromatic nitrogens is 1. The van der Waals surface area contributed by atoms with E-state index in [1.54, 1.807) is 0 Å². The molecule has 9 heteroatoms. The summed E-state index contributed by atoms with van der Waals surface area (Å²) in [5, 5.41) is 0. The second-order valence-corrected chi connectivity index (χ2v) is 4.42. The molecule has 0 N–H and O–H groups in total. The lowest BCUT2D eigenvalue weighted by Gasteiger charge is -2.25. The van der Waals surface area contributed by atoms with Crippen LogP contribution in [0.5, 0.6) is 0 Å². The average molecular weight is 307 g/mol. The van der Waals surface area contributed by atoms with E-state index in [1.165, 1.54) is 14.1 Å². The van der Waals surface area contributed by atoms with Gasteiger partial charge in [-0.25, -0.2) is 4.39 Å². The summed E-state index contributed by atoms with van der Waals surface area (Å²) >= 11 is 0. The normalized spacial score (nSPS) is 11.1. The minimum Gasteiger partial charge on any atom is -0.347 e. The lowest BCUT2D eigenvalue weighted by molar-refractivity contribution is -0.146. The van der Waals surface area contributed by atoms with Crippen LogP contribution in [0, 0.1) is 5.82 Å². The van der Waals surface area contributed by atoms with Gasteiger partial charge in [-0.15, -0.1) is 0 Å². The van der Waals surface area contributed by atoms with E-state index in [2.05, 4.69) is 4.98 Å². The predicted octanol–water partition coefficient (Wildman–Crippen LogP) is 1.31. The lowest BCUT2D eigenvalue weighted by Crippen LogP contribution is -2.45. The minimum absolute atomic E-state index is 0.251. The van der Waals surface area contributed by atoms with Gasteiger partial charge in [-0.1, -0.05) is 0 Å². The Kier molecular flexibility index (Phi) is 5.23. The topological polar surface area (TPSA) is 53.5 Å². The number of hydrogen-bond acceptors (Lipinski definition) is 3. The Bertz CT molecular complexity index is 531. The zero-order valence-corrected chi connectivity index (χ0v) is 11.3. The summed E-state index contributed by atoms with van der Waals surface area (Å²) in [6.45, 7) is -2.44. The summed E-state index contributed by atoms with van der Waals surface area (Å²) in [6, 6.07) is 0.960. The van der Waals surface area contributed by atoms with Crippen molar-refractivity contribution in [3.63, 3.8) is 0 Å². The molecule has 1 heterocycles. The van der Waals surface area contributed by atoms with Gasteiger partial charge in [0.25, 0.3) is 5.91 Å². The van der Waals surface area contributed by atoms with E-state index in [0.717, 1.165) is 17.2 Å². The van der Waals surface area contributed by atoms with E-state index < -0.39 is 42.5 Å². The first-order valence-electron chi connectivity index (χ1n) is 5.77. The van der Waals surface area contributed by atoms with E-state index >= 15 is 0 Å². The zero-order valence-electron chi connectivity index (χ0n) is 11.3. The second kappa shape index (κ2) is 6.51. The van der Waals surface area contributed by atoms with Crippen molar-refractivity contribution < 1.29 is 27.2 Å². The lowest BCUT2D eigenvalue weighted by atomic mass is 10.2. The number of pyridine rings is 1. The van der Waals surface area contributed by atoms with Crippen molar-refractivity contribution in [2.45, 2.75) is 6.18 Å². The molecular weight excluding hydrogens is 294 g/mol. The van der Waals surface area contributed by atoms with E-state index in [4.69, 9.17) is 0 Å². The number of halogens is 4. The van der Waals surface area contributed by atoms with E-state index in [9.17, 15) is 27.2 Å². The molecule has 2 amide bonds. The van der Waals surface area contributed by atoms with Crippen LogP contribution in [0.15, 0.2) is 18.5 Å². The fraction of sp³-hybridized carbons (Fsp3) is 0.417. The summed E-state index contributed by atoms with van der Waals surface area (Å²) in [5.74, 6) is -2.98. The van der Waals surface area contributed by atoms with Gasteiger partial charge >= 0.3 is 6.18 Å². The van der Waals surface area contributed by atoms with Gasteiger partial charge in [-0.05, 0) is 6.07 Å². The Morgan fingerprint density at radius 2 is 1.90 bits per heavy atom. The minimum atomic E-state index is -4.70. The molecule has 0 bridgehead atoms. The van der Waals surface area contributed by atoms with Gasteiger partial charge in [0.05, 0.1) is 11.8 Å². The first-order chi connectivity index (χ1) is 9.61. The maximum absolute atomic E-state index is 13.4. The van der Waals surface area contributed by atoms with E-state index in [-0.39, 0.29) is 4.90 Å². The number of nitrogens with zero attached hydrogens (tertiary/aromatic N) is 3. The molecule has 116 valence electrons. The highest BCUT2D eigenvalue weighted by molar-refractivity contribution is 5.96. The molecule has 5 nitrogen and oxygen atoms in total. The predicted molar refractivity (Wildman–Crippen MR) is 64.8 cm³/mol. The fourth-order valence-corrected chi connectivity index (χ4v) is 1.44. The van der Waals surface area contributed by atoms with Crippen LogP contribution in [0.25, 0.3) is 0 Å². The highest BCUT2D eigenvalue weighted by atomic mass is 19.4. The first kappa shape index (κ1) is 16.9. The second-order valence-electron chi connectivity index (χ2n) is 4.42. The number of alkyl halides is 3. The van der Waals surface area contributed by atoms with Crippen LogP contribution in [0.3, 0.4) is 0 Å². The molecule has 0 saturated heterocycles. The molecule has 0 aromatic carbocycles. The van der Waals surface area contributed by atoms with Crippen molar-refractivity contribution in [3.05, 3.63) is 29.8 Å². The molecule has 0 aliphatic rings. The van der Waals surface area contributed by atoms with Crippen LogP contribution < -0.4 is 0 Å². The van der Waals surface area contributed by atoms with Crippen molar-refractivity contribution in [1.29, 1.82) is 0 Å². The first-order valence-corrected chi connectivity index (χ1v) is 5.77. The Hall–Kier alpha value is -2.19. The molecule has 0 unspecified atom stereocenters. The summed E-state index contributed by atoms with van der Waals surface area (Å²) in [5.41, 5.74) is -0.569. The molecule has 0 saturated carbocycles. The van der Waals surface area contributed by atoms with Crippen molar-refractivity contribution in [2.75, 3.05) is 27.2 Å². The number of rotatable bonds is 4. The summed E-state index contributed by atoms with van der Waals surface area (Å²) < 4.78 is 51.0. The van der Waals surface area contributed by atoms with Crippen LogP contribution in [-0.2, 0) is 4.79 Å². The number of carbonyl (C=O) groups excluding carboxylic acids is 2. The Labute approximate surface area is 118 Å². The Morgan fingerprint density at radius 3 is 2.38 bits per heavy atom. The molecule has 21 heavy (non-hydrogen) atoms. The molecule has 0 atom stereocenters. The molecule has 0 radical (unpaired) electrons. The van der Waals surface area contributed by atoms with Crippen molar-refractivity contribution in [3.8, 4) is 0 Å². The highest BCUT2D eigenvalue weighted by Gasteiger charge is 2.35. The van der Waals surface area contributed by atoms with E-state index in [0.29, 0.717) is 6.20 Å². The van der Waals surface area contributed by atoms with Gasteiger partial charge in [-0.3, -0.25) is 14.6 Å². The SMILES string of the molecule is CN(C)C(=O)CN(CC(F)(F)F)C(=O)c1ccncc1F. The molecule has 0 fully saturated rings. The van der Waals surface area contributed by atoms with Gasteiger partial charge in [0.2, 0.25) is 5.91 Å². The van der Waals surface area contributed by atoms with Gasteiger partial charge in [-0.2, -0.15) is 13.2 Å². The molecular formula is C12H13F4N3O2. The quantitative estimate of drug-likeness (QED) is 0.788. The van der Waals surface area contributed by atoms with Crippen LogP contribution >= 0.6 is 0 Å². The van der Waals surface area contributed by atoms with Crippen LogP contribution in [0.2, 0.25) is 0 Å².